The van der Waals surface area contributed by atoms with Crippen LogP contribution < -0.4 is 5.73 Å². The molecule has 1 aliphatic heterocycles. The normalized spacial score (nSPS) is 15.4. The summed E-state index contributed by atoms with van der Waals surface area (Å²) in [5.74, 6) is -0.339. The number of carbonyl (C=O) groups excluding carboxylic acids is 1. The van der Waals surface area contributed by atoms with Crippen LogP contribution in [0.15, 0.2) is 48.7 Å². The molecule has 0 unspecified atom stereocenters. The smallest absolute Gasteiger partial charge is 0.221 e. The maximum absolute atomic E-state index is 11.3. The average Bonchev–Trinajstić information content (AvgIpc) is 3.08. The van der Waals surface area contributed by atoms with Crippen molar-refractivity contribution in [2.75, 3.05) is 13.1 Å². The summed E-state index contributed by atoms with van der Waals surface area (Å²) in [6.07, 6.45) is 6.19. The molecule has 0 bridgehead atoms. The van der Waals surface area contributed by atoms with Crippen molar-refractivity contribution in [2.24, 2.45) is 5.73 Å². The SMILES string of the molecule is NC(=O)Cc1cccc2cn(-c3ccc(CN4CCCCC4)cc3)nc12. The lowest BCUT2D eigenvalue weighted by molar-refractivity contribution is -0.117. The van der Waals surface area contributed by atoms with Gasteiger partial charge < -0.3 is 5.73 Å². The van der Waals surface area contributed by atoms with E-state index >= 15 is 0 Å². The molecule has 1 aliphatic rings. The zero-order valence-electron chi connectivity index (χ0n) is 14.9. The van der Waals surface area contributed by atoms with Crippen LogP contribution in [0.25, 0.3) is 16.6 Å². The van der Waals surface area contributed by atoms with Gasteiger partial charge in [-0.3, -0.25) is 9.69 Å². The van der Waals surface area contributed by atoms with Gasteiger partial charge in [-0.05, 0) is 49.2 Å². The Kier molecular flexibility index (Phi) is 4.71. The fraction of sp³-hybridized carbons (Fsp3) is 0.333. The van der Waals surface area contributed by atoms with Gasteiger partial charge in [0.25, 0.3) is 0 Å². The molecule has 3 aromatic rings. The third-order valence-corrected chi connectivity index (χ3v) is 5.04. The van der Waals surface area contributed by atoms with Crippen molar-refractivity contribution in [1.29, 1.82) is 0 Å². The Morgan fingerprint density at radius 3 is 2.54 bits per heavy atom. The summed E-state index contributed by atoms with van der Waals surface area (Å²) in [4.78, 5) is 13.8. The fourth-order valence-electron chi connectivity index (χ4n) is 3.70. The number of benzene rings is 2. The van der Waals surface area contributed by atoms with Crippen molar-refractivity contribution < 1.29 is 4.79 Å². The summed E-state index contributed by atoms with van der Waals surface area (Å²) >= 11 is 0. The molecule has 1 fully saturated rings. The van der Waals surface area contributed by atoms with Crippen LogP contribution in [-0.4, -0.2) is 33.7 Å². The van der Waals surface area contributed by atoms with E-state index < -0.39 is 0 Å². The Morgan fingerprint density at radius 2 is 1.81 bits per heavy atom. The van der Waals surface area contributed by atoms with Crippen LogP contribution in [-0.2, 0) is 17.8 Å². The summed E-state index contributed by atoms with van der Waals surface area (Å²) < 4.78 is 1.87. The van der Waals surface area contributed by atoms with Crippen molar-refractivity contribution in [3.63, 3.8) is 0 Å². The van der Waals surface area contributed by atoms with Gasteiger partial charge in [0.1, 0.15) is 0 Å². The minimum atomic E-state index is -0.339. The predicted molar refractivity (Wildman–Crippen MR) is 103 cm³/mol. The number of aromatic nitrogens is 2. The number of primary amides is 1. The Bertz CT molecular complexity index is 907. The van der Waals surface area contributed by atoms with Gasteiger partial charge in [-0.1, -0.05) is 36.8 Å². The Labute approximate surface area is 153 Å². The van der Waals surface area contributed by atoms with Crippen LogP contribution in [0.1, 0.15) is 30.4 Å². The molecule has 0 spiro atoms. The summed E-state index contributed by atoms with van der Waals surface area (Å²) in [5, 5.41) is 5.69. The summed E-state index contributed by atoms with van der Waals surface area (Å²) in [6.45, 7) is 3.42. The Hall–Kier alpha value is -2.66. The lowest BCUT2D eigenvalue weighted by atomic mass is 10.1. The van der Waals surface area contributed by atoms with Gasteiger partial charge in [0.15, 0.2) is 0 Å². The zero-order chi connectivity index (χ0) is 17.9. The maximum Gasteiger partial charge on any atom is 0.221 e. The highest BCUT2D eigenvalue weighted by atomic mass is 16.1. The van der Waals surface area contributed by atoms with E-state index in [1.54, 1.807) is 0 Å². The van der Waals surface area contributed by atoms with E-state index in [1.807, 2.05) is 29.1 Å². The van der Waals surface area contributed by atoms with E-state index in [9.17, 15) is 4.79 Å². The van der Waals surface area contributed by atoms with Crippen molar-refractivity contribution in [3.05, 3.63) is 59.8 Å². The Morgan fingerprint density at radius 1 is 1.04 bits per heavy atom. The second kappa shape index (κ2) is 7.30. The number of nitrogens with zero attached hydrogens (tertiary/aromatic N) is 3. The Balaban J connectivity index is 1.56. The van der Waals surface area contributed by atoms with Gasteiger partial charge in [-0.25, -0.2) is 4.68 Å². The first-order chi connectivity index (χ1) is 12.7. The van der Waals surface area contributed by atoms with Gasteiger partial charge in [0.2, 0.25) is 5.91 Å². The highest BCUT2D eigenvalue weighted by molar-refractivity contribution is 5.87. The minimum Gasteiger partial charge on any atom is -0.369 e. The molecular weight excluding hydrogens is 324 g/mol. The molecule has 2 N–H and O–H groups in total. The topological polar surface area (TPSA) is 64.2 Å². The lowest BCUT2D eigenvalue weighted by Gasteiger charge is -2.26. The second-order valence-electron chi connectivity index (χ2n) is 7.07. The molecule has 26 heavy (non-hydrogen) atoms. The summed E-state index contributed by atoms with van der Waals surface area (Å²) in [6, 6.07) is 14.4. The van der Waals surface area contributed by atoms with E-state index in [2.05, 4.69) is 34.3 Å². The molecule has 0 radical (unpaired) electrons. The van der Waals surface area contributed by atoms with Gasteiger partial charge in [0.05, 0.1) is 17.6 Å². The van der Waals surface area contributed by atoms with E-state index in [0.717, 1.165) is 28.7 Å². The molecule has 4 rings (SSSR count). The highest BCUT2D eigenvalue weighted by Crippen LogP contribution is 2.21. The predicted octanol–water partition coefficient (Wildman–Crippen LogP) is 3.04. The first-order valence-electron chi connectivity index (χ1n) is 9.26. The third kappa shape index (κ3) is 3.63. The molecule has 1 aromatic heterocycles. The maximum atomic E-state index is 11.3. The molecular formula is C21H24N4O. The van der Waals surface area contributed by atoms with Gasteiger partial charge >= 0.3 is 0 Å². The van der Waals surface area contributed by atoms with Gasteiger partial charge in [-0.2, -0.15) is 5.10 Å². The fourth-order valence-corrected chi connectivity index (χ4v) is 3.70. The number of piperidine rings is 1. The largest absolute Gasteiger partial charge is 0.369 e. The molecule has 5 heteroatoms. The first-order valence-corrected chi connectivity index (χ1v) is 9.26. The van der Waals surface area contributed by atoms with Gasteiger partial charge in [0, 0.05) is 18.1 Å². The summed E-state index contributed by atoms with van der Waals surface area (Å²) in [7, 11) is 0. The number of carbonyl (C=O) groups is 1. The number of hydrogen-bond acceptors (Lipinski definition) is 3. The number of rotatable bonds is 5. The molecule has 0 saturated carbocycles. The number of amides is 1. The van der Waals surface area contributed by atoms with Crippen molar-refractivity contribution in [3.8, 4) is 5.69 Å². The van der Waals surface area contributed by atoms with E-state index in [4.69, 9.17) is 5.73 Å². The minimum absolute atomic E-state index is 0.211. The van der Waals surface area contributed by atoms with Gasteiger partial charge in [-0.15, -0.1) is 0 Å². The van der Waals surface area contributed by atoms with Crippen LogP contribution in [0.4, 0.5) is 0 Å². The zero-order valence-corrected chi connectivity index (χ0v) is 14.9. The molecule has 1 amide bonds. The van der Waals surface area contributed by atoms with Crippen molar-refractivity contribution in [1.82, 2.24) is 14.7 Å². The number of likely N-dealkylation sites (tertiary alicyclic amines) is 1. The molecule has 5 nitrogen and oxygen atoms in total. The lowest BCUT2D eigenvalue weighted by Crippen LogP contribution is -2.29. The number of hydrogen-bond donors (Lipinski definition) is 1. The molecule has 0 aliphatic carbocycles. The van der Waals surface area contributed by atoms with E-state index in [0.29, 0.717) is 0 Å². The summed E-state index contributed by atoms with van der Waals surface area (Å²) in [5.41, 5.74) is 9.41. The molecule has 2 heterocycles. The third-order valence-electron chi connectivity index (χ3n) is 5.04. The molecule has 2 aromatic carbocycles. The first kappa shape index (κ1) is 16.8. The van der Waals surface area contributed by atoms with Crippen molar-refractivity contribution in [2.45, 2.75) is 32.2 Å². The standard InChI is InChI=1S/C21H24N4O/c22-20(26)13-17-5-4-6-18-15-25(23-21(17)18)19-9-7-16(8-10-19)14-24-11-2-1-3-12-24/h4-10,15H,1-3,11-14H2,(H2,22,26). The second-order valence-corrected chi connectivity index (χ2v) is 7.07. The van der Waals surface area contributed by atoms with Crippen LogP contribution in [0.3, 0.4) is 0 Å². The average molecular weight is 348 g/mol. The molecule has 1 saturated heterocycles. The quantitative estimate of drug-likeness (QED) is 0.771. The number of nitrogens with two attached hydrogens (primary N) is 1. The van der Waals surface area contributed by atoms with Crippen LogP contribution in [0.2, 0.25) is 0 Å². The highest BCUT2D eigenvalue weighted by Gasteiger charge is 2.11. The van der Waals surface area contributed by atoms with E-state index in [1.165, 1.54) is 37.9 Å². The molecule has 134 valence electrons. The van der Waals surface area contributed by atoms with Crippen molar-refractivity contribution >= 4 is 16.8 Å². The molecule has 0 atom stereocenters. The monoisotopic (exact) mass is 348 g/mol. The van der Waals surface area contributed by atoms with E-state index in [-0.39, 0.29) is 12.3 Å². The van der Waals surface area contributed by atoms with Crippen LogP contribution in [0, 0.1) is 0 Å². The van der Waals surface area contributed by atoms with Crippen LogP contribution in [0.5, 0.6) is 0 Å². The number of fused-ring (bicyclic) bond motifs is 1. The van der Waals surface area contributed by atoms with Crippen LogP contribution >= 0.6 is 0 Å².